The molecular formula is C33H36N4O10. The van der Waals surface area contributed by atoms with Crippen molar-refractivity contribution in [3.8, 4) is 11.5 Å². The number of aromatic nitrogens is 1. The number of carbonyl (C=O) groups excluding carboxylic acids is 2. The van der Waals surface area contributed by atoms with Crippen LogP contribution in [0.4, 0.5) is 5.82 Å². The number of benzene rings is 2. The number of pyridine rings is 1. The summed E-state index contributed by atoms with van der Waals surface area (Å²) in [6.45, 7) is 5.74. The van der Waals surface area contributed by atoms with Crippen LogP contribution >= 0.6 is 0 Å². The molecule has 14 heteroatoms. The normalized spacial score (nSPS) is 30.5. The van der Waals surface area contributed by atoms with Gasteiger partial charge in [-0.25, -0.2) is 4.98 Å². The maximum absolute atomic E-state index is 14.2. The SMILES string of the molecule is Cc1cc(O)c2c(c1)C(=O)c1c(c3cc4c(nccc14)NC[C@@H](O)CC1=C[C@@]4(O[C@@H](O3)[C@H](O)[C@@H](O)[C@@H]4O)[C@@H](O)N(CC(C)C)N1)C2=O. The molecule has 4 heterocycles. The monoisotopic (exact) mass is 648 g/mol. The number of ether oxygens (including phenoxy) is 2. The van der Waals surface area contributed by atoms with Crippen molar-refractivity contribution < 1.29 is 49.7 Å². The number of rotatable bonds is 2. The Hall–Kier alpha value is -4.15. The summed E-state index contributed by atoms with van der Waals surface area (Å²) in [7, 11) is 0. The molecule has 4 aliphatic rings. The van der Waals surface area contributed by atoms with Gasteiger partial charge in [-0.3, -0.25) is 9.59 Å². The average molecular weight is 649 g/mol. The summed E-state index contributed by atoms with van der Waals surface area (Å²) in [4.78, 5) is 32.8. The highest BCUT2D eigenvalue weighted by molar-refractivity contribution is 6.34. The number of hydrogen-bond acceptors (Lipinski definition) is 14. The highest BCUT2D eigenvalue weighted by Gasteiger charge is 2.60. The van der Waals surface area contributed by atoms with Crippen LogP contribution in [0.5, 0.6) is 11.5 Å². The Kier molecular flexibility index (Phi) is 7.52. The minimum atomic E-state index is -2.08. The Labute approximate surface area is 268 Å². The maximum Gasteiger partial charge on any atom is 0.229 e. The second kappa shape index (κ2) is 11.2. The molecule has 5 bridgehead atoms. The predicted octanol–water partition coefficient (Wildman–Crippen LogP) is 0.436. The van der Waals surface area contributed by atoms with E-state index in [2.05, 4.69) is 15.7 Å². The fourth-order valence-electron chi connectivity index (χ4n) is 7.00. The molecular weight excluding hydrogens is 612 g/mol. The fraction of sp³-hybridized carbons (Fsp3) is 0.424. The zero-order chi connectivity index (χ0) is 33.5. The van der Waals surface area contributed by atoms with Gasteiger partial charge in [-0.15, -0.1) is 0 Å². The highest BCUT2D eigenvalue weighted by Crippen LogP contribution is 2.45. The molecule has 3 aliphatic heterocycles. The number of hydrazine groups is 1. The van der Waals surface area contributed by atoms with Crippen LogP contribution in [-0.2, 0) is 4.74 Å². The first kappa shape index (κ1) is 31.4. The average Bonchev–Trinajstić information content (AvgIpc) is 3.01. The minimum Gasteiger partial charge on any atom is -0.507 e. The van der Waals surface area contributed by atoms with Gasteiger partial charge in [-0.1, -0.05) is 13.8 Å². The second-order valence-corrected chi connectivity index (χ2v) is 13.1. The number of phenolic OH excluding ortho intramolecular Hbond substituents is 1. The molecule has 3 aromatic rings. The number of aliphatic hydroxyl groups is 5. The first-order valence-corrected chi connectivity index (χ1v) is 15.4. The smallest absolute Gasteiger partial charge is 0.229 e. The number of hydrogen-bond donors (Lipinski definition) is 8. The number of aliphatic hydroxyl groups excluding tert-OH is 5. The Morgan fingerprint density at radius 1 is 1.02 bits per heavy atom. The van der Waals surface area contributed by atoms with Crippen molar-refractivity contribution >= 4 is 28.2 Å². The van der Waals surface area contributed by atoms with Crippen LogP contribution in [0.25, 0.3) is 10.8 Å². The van der Waals surface area contributed by atoms with E-state index in [-0.39, 0.29) is 59.2 Å². The molecule has 2 aromatic carbocycles. The number of anilines is 1. The lowest BCUT2D eigenvalue weighted by molar-refractivity contribution is -0.336. The van der Waals surface area contributed by atoms with Crippen LogP contribution < -0.4 is 15.5 Å². The molecule has 14 nitrogen and oxygen atoms in total. The number of nitrogens with zero attached hydrogens (tertiary/aromatic N) is 2. The van der Waals surface area contributed by atoms with Crippen molar-refractivity contribution in [1.82, 2.24) is 15.4 Å². The van der Waals surface area contributed by atoms with E-state index in [1.807, 2.05) is 13.8 Å². The van der Waals surface area contributed by atoms with Crippen LogP contribution in [-0.4, -0.2) is 108 Å². The van der Waals surface area contributed by atoms with E-state index in [9.17, 15) is 40.2 Å². The number of nitrogens with one attached hydrogen (secondary N) is 2. The first-order chi connectivity index (χ1) is 22.3. The van der Waals surface area contributed by atoms with E-state index >= 15 is 0 Å². The summed E-state index contributed by atoms with van der Waals surface area (Å²) >= 11 is 0. The quantitative estimate of drug-likeness (QED) is 0.148. The summed E-state index contributed by atoms with van der Waals surface area (Å²) in [6.07, 6.45) is -7.29. The number of phenols is 1. The van der Waals surface area contributed by atoms with Crippen molar-refractivity contribution in [2.75, 3.05) is 18.4 Å². The molecule has 1 aromatic heterocycles. The van der Waals surface area contributed by atoms with Crippen LogP contribution in [0, 0.1) is 12.8 Å². The lowest BCUT2D eigenvalue weighted by atomic mass is 9.80. The summed E-state index contributed by atoms with van der Waals surface area (Å²) in [6, 6.07) is 5.87. The number of aryl methyl sites for hydroxylation is 1. The summed E-state index contributed by atoms with van der Waals surface area (Å²) in [5.74, 6) is -1.64. The third-order valence-corrected chi connectivity index (χ3v) is 9.11. The molecule has 0 radical (unpaired) electrons. The van der Waals surface area contributed by atoms with Gasteiger partial charge in [0, 0.05) is 47.9 Å². The van der Waals surface area contributed by atoms with E-state index in [1.165, 1.54) is 35.5 Å². The second-order valence-electron chi connectivity index (χ2n) is 13.1. The van der Waals surface area contributed by atoms with E-state index in [0.717, 1.165) is 0 Å². The highest BCUT2D eigenvalue weighted by atomic mass is 16.7. The zero-order valence-corrected chi connectivity index (χ0v) is 25.8. The molecule has 0 saturated carbocycles. The Bertz CT molecular complexity index is 1850. The molecule has 1 saturated heterocycles. The van der Waals surface area contributed by atoms with Gasteiger partial charge in [-0.05, 0) is 54.1 Å². The van der Waals surface area contributed by atoms with Gasteiger partial charge < -0.3 is 50.9 Å². The van der Waals surface area contributed by atoms with Gasteiger partial charge in [-0.2, -0.15) is 5.01 Å². The third kappa shape index (κ3) is 4.87. The van der Waals surface area contributed by atoms with Crippen molar-refractivity contribution in [2.24, 2.45) is 5.92 Å². The van der Waals surface area contributed by atoms with Crippen LogP contribution in [0.2, 0.25) is 0 Å². The van der Waals surface area contributed by atoms with Crippen molar-refractivity contribution in [3.05, 3.63) is 70.1 Å². The molecule has 0 unspecified atom stereocenters. The van der Waals surface area contributed by atoms with Crippen molar-refractivity contribution in [1.29, 1.82) is 0 Å². The molecule has 8 N–H and O–H groups in total. The largest absolute Gasteiger partial charge is 0.507 e. The van der Waals surface area contributed by atoms with Gasteiger partial charge in [0.25, 0.3) is 0 Å². The lowest BCUT2D eigenvalue weighted by Crippen LogP contribution is -2.74. The van der Waals surface area contributed by atoms with Gasteiger partial charge in [0.05, 0.1) is 17.2 Å². The number of carbonyl (C=O) groups is 2. The predicted molar refractivity (Wildman–Crippen MR) is 166 cm³/mol. The summed E-state index contributed by atoms with van der Waals surface area (Å²) < 4.78 is 12.4. The summed E-state index contributed by atoms with van der Waals surface area (Å²) in [5, 5.41) is 72.4. The first-order valence-electron chi connectivity index (χ1n) is 15.4. The zero-order valence-electron chi connectivity index (χ0n) is 25.8. The molecule has 7 rings (SSSR count). The molecule has 7 atom stereocenters. The third-order valence-electron chi connectivity index (χ3n) is 9.11. The summed E-state index contributed by atoms with van der Waals surface area (Å²) in [5.41, 5.74) is 1.44. The molecule has 248 valence electrons. The molecule has 1 fully saturated rings. The number of ketones is 2. The minimum absolute atomic E-state index is 0.00165. The molecule has 1 spiro atoms. The molecule has 47 heavy (non-hydrogen) atoms. The van der Waals surface area contributed by atoms with E-state index in [4.69, 9.17) is 9.47 Å². The van der Waals surface area contributed by atoms with E-state index in [1.54, 1.807) is 13.0 Å². The van der Waals surface area contributed by atoms with Gasteiger partial charge in [0.1, 0.15) is 35.6 Å². The van der Waals surface area contributed by atoms with Crippen LogP contribution in [0.1, 0.15) is 57.7 Å². The Morgan fingerprint density at radius 3 is 2.53 bits per heavy atom. The number of aromatic hydroxyl groups is 1. The van der Waals surface area contributed by atoms with Gasteiger partial charge in [0.15, 0.2) is 17.6 Å². The molecule has 0 amide bonds. The fourth-order valence-corrected chi connectivity index (χ4v) is 7.00. The van der Waals surface area contributed by atoms with E-state index in [0.29, 0.717) is 22.0 Å². The van der Waals surface area contributed by atoms with Gasteiger partial charge in [0.2, 0.25) is 12.1 Å². The Balaban J connectivity index is 1.46. The maximum atomic E-state index is 14.2. The topological polar surface area (TPSA) is 214 Å². The number of β-amino-alcohol motifs (C(OH)–C–C–N with tert-alkyl or cyclic N) is 1. The van der Waals surface area contributed by atoms with Crippen LogP contribution in [0.15, 0.2) is 42.2 Å². The lowest BCUT2D eigenvalue weighted by Gasteiger charge is -2.53. The van der Waals surface area contributed by atoms with Gasteiger partial charge >= 0.3 is 0 Å². The van der Waals surface area contributed by atoms with Crippen LogP contribution in [0.3, 0.4) is 0 Å². The van der Waals surface area contributed by atoms with E-state index < -0.39 is 59.9 Å². The van der Waals surface area contributed by atoms with Crippen molar-refractivity contribution in [2.45, 2.75) is 69.7 Å². The molecule has 1 aliphatic carbocycles. The standard InChI is InChI=1S/C33H36N4O10/c1-13(2)12-37-32(45)33-10-15(36-37)8-16(38)11-35-30-18-9-21(46-31(47-33)28(43)27(42)29(33)44)24-23(17(18)4-5-34-30)25(40)19-6-14(3)7-20(39)22(19)26(24)41/h4-7,9-10,13,16,27-29,31-32,36,38-39,42-45H,8,11-12H2,1-3H3,(H,34,35)/t16-,27+,28+,29-,31+,32+,33-/m0/s1. The number of fused-ring (bicyclic) bond motifs is 6. The Morgan fingerprint density at radius 2 is 1.79 bits per heavy atom. The van der Waals surface area contributed by atoms with Crippen molar-refractivity contribution in [3.63, 3.8) is 0 Å².